The second-order valence-corrected chi connectivity index (χ2v) is 12.3. The van der Waals surface area contributed by atoms with Crippen LogP contribution in [0.2, 0.25) is 5.02 Å². The molecule has 1 fully saturated rings. The molecule has 200 valence electrons. The average molecular weight is 568 g/mol. The summed E-state index contributed by atoms with van der Waals surface area (Å²) in [5, 5.41) is 8.76. The molecule has 11 nitrogen and oxygen atoms in total. The number of benzene rings is 2. The fourth-order valence-corrected chi connectivity index (χ4v) is 6.28. The van der Waals surface area contributed by atoms with Crippen LogP contribution in [0.3, 0.4) is 0 Å². The quantitative estimate of drug-likeness (QED) is 0.260. The van der Waals surface area contributed by atoms with E-state index in [4.69, 9.17) is 16.7 Å². The molecule has 4 rings (SSSR count). The molecule has 0 spiro atoms. The largest absolute Gasteiger partial charge is 0.344 e. The van der Waals surface area contributed by atoms with Crippen molar-refractivity contribution in [2.24, 2.45) is 5.14 Å². The molecule has 1 heterocycles. The molecule has 0 atom stereocenters. The molecular weight excluding hydrogens is 538 g/mol. The van der Waals surface area contributed by atoms with Gasteiger partial charge in [-0.1, -0.05) is 29.8 Å². The Morgan fingerprint density at radius 1 is 1.03 bits per heavy atom. The molecule has 0 radical (unpaired) electrons. The van der Waals surface area contributed by atoms with Crippen molar-refractivity contribution in [1.29, 1.82) is 0 Å². The molecule has 37 heavy (non-hydrogen) atoms. The molecule has 1 aromatic heterocycles. The van der Waals surface area contributed by atoms with Gasteiger partial charge in [0.05, 0.1) is 21.8 Å². The predicted molar refractivity (Wildman–Crippen MR) is 145 cm³/mol. The summed E-state index contributed by atoms with van der Waals surface area (Å²) in [5.41, 5.74) is 4.53. The van der Waals surface area contributed by atoms with Gasteiger partial charge < -0.3 is 11.5 Å². The van der Waals surface area contributed by atoms with Crippen LogP contribution < -0.4 is 26.1 Å². The summed E-state index contributed by atoms with van der Waals surface area (Å²) in [6, 6.07) is 8.87. The minimum Gasteiger partial charge on any atom is -0.344 e. The monoisotopic (exact) mass is 567 g/mol. The van der Waals surface area contributed by atoms with E-state index in [1.54, 1.807) is 26.0 Å². The van der Waals surface area contributed by atoms with Crippen molar-refractivity contribution in [2.45, 2.75) is 51.1 Å². The van der Waals surface area contributed by atoms with Crippen molar-refractivity contribution in [3.63, 3.8) is 0 Å². The second kappa shape index (κ2) is 11.0. The van der Waals surface area contributed by atoms with Crippen molar-refractivity contribution in [3.05, 3.63) is 63.8 Å². The fraction of sp³-hybridized carbons (Fsp3) is 0.304. The maximum Gasteiger partial charge on any atom is 0.277 e. The third-order valence-corrected chi connectivity index (χ3v) is 8.31. The number of aromatic nitrogens is 2. The highest BCUT2D eigenvalue weighted by atomic mass is 35.5. The standard InChI is InChI=1S/C23H27ClN6O4S2.H3N/c1-13-8-16(11-27-36(33,34)30-17-5-6-17)4-7-19(13)21-20(24)12-26-23(29-21)28-18-9-14(2)22(15(3)10-18)35(25,31)32;/h4,7-10,12,17,27,30H,5-6,11H2,1-3H3,(H2,25,31,32)(H,26,28,29);1H3. The topological polar surface area (TPSA) is 191 Å². The average Bonchev–Trinajstić information content (AvgIpc) is 3.56. The molecule has 8 N–H and O–H groups in total. The summed E-state index contributed by atoms with van der Waals surface area (Å²) < 4.78 is 53.0. The summed E-state index contributed by atoms with van der Waals surface area (Å²) in [7, 11) is -7.38. The summed E-state index contributed by atoms with van der Waals surface area (Å²) in [5.74, 6) is 0.277. The number of nitrogens with one attached hydrogen (secondary N) is 3. The van der Waals surface area contributed by atoms with Gasteiger partial charge in [-0.25, -0.2) is 23.5 Å². The lowest BCUT2D eigenvalue weighted by Crippen LogP contribution is -2.37. The molecule has 0 amide bonds. The minimum atomic E-state index is -3.84. The maximum absolute atomic E-state index is 12.1. The van der Waals surface area contributed by atoms with Gasteiger partial charge in [0.15, 0.2) is 0 Å². The zero-order chi connectivity index (χ0) is 26.3. The van der Waals surface area contributed by atoms with Crippen LogP contribution >= 0.6 is 11.6 Å². The molecule has 1 aliphatic carbocycles. The van der Waals surface area contributed by atoms with Crippen LogP contribution in [0.5, 0.6) is 0 Å². The minimum absolute atomic E-state index is 0. The van der Waals surface area contributed by atoms with Gasteiger partial charge in [-0.15, -0.1) is 0 Å². The number of rotatable bonds is 9. The molecule has 0 unspecified atom stereocenters. The first-order chi connectivity index (χ1) is 16.8. The third kappa shape index (κ3) is 7.23. The van der Waals surface area contributed by atoms with E-state index in [1.807, 2.05) is 25.1 Å². The SMILES string of the molecule is Cc1cc(CNS(=O)(=O)NC2CC2)ccc1-c1nc(Nc2cc(C)c(S(N)(=O)=O)c(C)c2)ncc1Cl.N. The van der Waals surface area contributed by atoms with Crippen LogP contribution in [0, 0.1) is 20.8 Å². The van der Waals surface area contributed by atoms with Gasteiger partial charge in [-0.2, -0.15) is 17.9 Å². The molecule has 14 heteroatoms. The van der Waals surface area contributed by atoms with Gasteiger partial charge in [-0.3, -0.25) is 0 Å². The van der Waals surface area contributed by atoms with Crippen LogP contribution in [0.1, 0.15) is 35.1 Å². The number of nitrogens with two attached hydrogens (primary N) is 1. The van der Waals surface area contributed by atoms with Crippen molar-refractivity contribution in [3.8, 4) is 11.3 Å². The number of anilines is 2. The zero-order valence-corrected chi connectivity index (χ0v) is 23.1. The number of hydrogen-bond donors (Lipinski definition) is 5. The highest BCUT2D eigenvalue weighted by Gasteiger charge is 2.26. The molecule has 3 aromatic rings. The van der Waals surface area contributed by atoms with Crippen LogP contribution in [0.25, 0.3) is 11.3 Å². The number of aryl methyl sites for hydroxylation is 3. The maximum atomic E-state index is 12.1. The molecule has 0 aliphatic heterocycles. The lowest BCUT2D eigenvalue weighted by Gasteiger charge is -2.14. The van der Waals surface area contributed by atoms with E-state index in [0.29, 0.717) is 27.5 Å². The normalized spacial score (nSPS) is 13.8. The fourth-order valence-electron chi connectivity index (χ4n) is 3.96. The first-order valence-corrected chi connectivity index (χ1v) is 14.5. The molecule has 1 saturated carbocycles. The summed E-state index contributed by atoms with van der Waals surface area (Å²) in [6.07, 6.45) is 3.21. The Hall–Kier alpha value is -2.65. The summed E-state index contributed by atoms with van der Waals surface area (Å²) in [6.45, 7) is 5.37. The number of nitrogens with zero attached hydrogens (tertiary/aromatic N) is 2. The van der Waals surface area contributed by atoms with E-state index in [1.165, 1.54) is 6.20 Å². The molecular formula is C23H30ClN7O4S2. The lowest BCUT2D eigenvalue weighted by molar-refractivity contribution is 0.565. The van der Waals surface area contributed by atoms with Gasteiger partial charge in [-0.05, 0) is 68.0 Å². The van der Waals surface area contributed by atoms with E-state index >= 15 is 0 Å². The molecule has 0 saturated heterocycles. The Kier molecular flexibility index (Phi) is 8.59. The van der Waals surface area contributed by atoms with Crippen LogP contribution in [0.15, 0.2) is 41.4 Å². The Labute approximate surface area is 222 Å². The van der Waals surface area contributed by atoms with Crippen LogP contribution in [-0.4, -0.2) is 32.8 Å². The zero-order valence-electron chi connectivity index (χ0n) is 20.7. The Bertz CT molecular complexity index is 1520. The number of halogens is 1. The Balaban J connectivity index is 0.00000380. The Morgan fingerprint density at radius 3 is 2.24 bits per heavy atom. The first-order valence-electron chi connectivity index (χ1n) is 11.1. The molecule has 0 bridgehead atoms. The van der Waals surface area contributed by atoms with Gasteiger partial charge >= 0.3 is 0 Å². The van der Waals surface area contributed by atoms with E-state index in [2.05, 4.69) is 24.7 Å². The third-order valence-electron chi connectivity index (χ3n) is 5.66. The summed E-state index contributed by atoms with van der Waals surface area (Å²) in [4.78, 5) is 8.90. The van der Waals surface area contributed by atoms with Gasteiger partial charge in [0, 0.05) is 23.8 Å². The van der Waals surface area contributed by atoms with E-state index in [9.17, 15) is 16.8 Å². The van der Waals surface area contributed by atoms with Gasteiger partial charge in [0.25, 0.3) is 10.2 Å². The van der Waals surface area contributed by atoms with Gasteiger partial charge in [0.1, 0.15) is 0 Å². The van der Waals surface area contributed by atoms with Crippen LogP contribution in [0.4, 0.5) is 11.6 Å². The number of sulfonamides is 1. The van der Waals surface area contributed by atoms with E-state index in [-0.39, 0.29) is 29.6 Å². The first kappa shape index (κ1) is 28.9. The lowest BCUT2D eigenvalue weighted by atomic mass is 10.0. The highest BCUT2D eigenvalue weighted by molar-refractivity contribution is 7.89. The highest BCUT2D eigenvalue weighted by Crippen LogP contribution is 2.31. The van der Waals surface area contributed by atoms with E-state index < -0.39 is 20.2 Å². The Morgan fingerprint density at radius 2 is 1.68 bits per heavy atom. The smallest absolute Gasteiger partial charge is 0.277 e. The van der Waals surface area contributed by atoms with Crippen molar-refractivity contribution < 1.29 is 16.8 Å². The molecule has 2 aromatic carbocycles. The van der Waals surface area contributed by atoms with Crippen molar-refractivity contribution in [1.82, 2.24) is 25.6 Å². The number of hydrogen-bond acceptors (Lipinski definition) is 8. The second-order valence-electron chi connectivity index (χ2n) is 8.87. The van der Waals surface area contributed by atoms with Crippen molar-refractivity contribution >= 4 is 43.5 Å². The predicted octanol–water partition coefficient (Wildman–Crippen LogP) is 3.36. The summed E-state index contributed by atoms with van der Waals surface area (Å²) >= 11 is 6.41. The van der Waals surface area contributed by atoms with Crippen molar-refractivity contribution in [2.75, 3.05) is 5.32 Å². The van der Waals surface area contributed by atoms with E-state index in [0.717, 1.165) is 29.5 Å². The van der Waals surface area contributed by atoms with Gasteiger partial charge in [0.2, 0.25) is 16.0 Å². The van der Waals surface area contributed by atoms with Crippen LogP contribution in [-0.2, 0) is 26.8 Å². The number of primary sulfonamides is 1. The molecule has 1 aliphatic rings.